The van der Waals surface area contributed by atoms with Crippen LogP contribution < -0.4 is 10.2 Å². The first-order valence-corrected chi connectivity index (χ1v) is 9.52. The summed E-state index contributed by atoms with van der Waals surface area (Å²) in [6.45, 7) is 4.74. The van der Waals surface area contributed by atoms with Gasteiger partial charge >= 0.3 is 0 Å². The van der Waals surface area contributed by atoms with Crippen LogP contribution >= 0.6 is 0 Å². The van der Waals surface area contributed by atoms with Crippen molar-refractivity contribution in [3.63, 3.8) is 0 Å². The van der Waals surface area contributed by atoms with Crippen molar-refractivity contribution in [3.05, 3.63) is 66.0 Å². The van der Waals surface area contributed by atoms with Crippen molar-refractivity contribution >= 4 is 22.6 Å². The number of anilines is 1. The molecular formula is C22H24N4O. The molecule has 4 rings (SSSR count). The first-order chi connectivity index (χ1) is 13.2. The minimum absolute atomic E-state index is 0.0725. The van der Waals surface area contributed by atoms with Gasteiger partial charge in [0.1, 0.15) is 5.82 Å². The molecule has 138 valence electrons. The molecule has 1 atom stereocenters. The second kappa shape index (κ2) is 7.74. The predicted molar refractivity (Wildman–Crippen MR) is 108 cm³/mol. The molecule has 1 saturated heterocycles. The fourth-order valence-electron chi connectivity index (χ4n) is 3.69. The third kappa shape index (κ3) is 3.92. The molecule has 3 heterocycles. The monoisotopic (exact) mass is 360 g/mol. The van der Waals surface area contributed by atoms with Gasteiger partial charge in [0.05, 0.1) is 11.1 Å². The van der Waals surface area contributed by atoms with E-state index in [9.17, 15) is 4.79 Å². The standard InChI is InChI=1S/C22H24N4O/c1-16-5-4-12-26(15-16)21-13-19(18-6-2-3-7-20(18)25-21)22(27)24-14-17-8-10-23-11-9-17/h2-3,6-11,13,16H,4-5,12,14-15H2,1H3,(H,24,27)/t16-/m1/s1. The number of para-hydroxylation sites is 1. The summed E-state index contributed by atoms with van der Waals surface area (Å²) < 4.78 is 0. The second-order valence-electron chi connectivity index (χ2n) is 7.28. The highest BCUT2D eigenvalue weighted by Crippen LogP contribution is 2.26. The van der Waals surface area contributed by atoms with Crippen molar-refractivity contribution in [2.45, 2.75) is 26.3 Å². The molecule has 5 nitrogen and oxygen atoms in total. The van der Waals surface area contributed by atoms with E-state index in [-0.39, 0.29) is 5.91 Å². The van der Waals surface area contributed by atoms with Gasteiger partial charge in [0.15, 0.2) is 0 Å². The van der Waals surface area contributed by atoms with E-state index in [4.69, 9.17) is 4.98 Å². The van der Waals surface area contributed by atoms with Gasteiger partial charge in [0, 0.05) is 37.4 Å². The number of nitrogens with zero attached hydrogens (tertiary/aromatic N) is 3. The van der Waals surface area contributed by atoms with Crippen molar-refractivity contribution in [1.29, 1.82) is 0 Å². The van der Waals surface area contributed by atoms with Crippen LogP contribution in [0.15, 0.2) is 54.9 Å². The molecule has 1 amide bonds. The SMILES string of the molecule is C[C@@H]1CCCN(c2cc(C(=O)NCc3ccncc3)c3ccccc3n2)C1. The van der Waals surface area contributed by atoms with Crippen molar-refractivity contribution in [2.24, 2.45) is 5.92 Å². The molecule has 1 aliphatic rings. The van der Waals surface area contributed by atoms with Crippen LogP contribution in [0.5, 0.6) is 0 Å². The number of hydrogen-bond donors (Lipinski definition) is 1. The van der Waals surface area contributed by atoms with Crippen LogP contribution in [0.2, 0.25) is 0 Å². The summed E-state index contributed by atoms with van der Waals surface area (Å²) in [5.74, 6) is 1.47. The van der Waals surface area contributed by atoms with Gasteiger partial charge in [-0.05, 0) is 48.6 Å². The lowest BCUT2D eigenvalue weighted by atomic mass is 10.00. The predicted octanol–water partition coefficient (Wildman–Crippen LogP) is 3.80. The second-order valence-corrected chi connectivity index (χ2v) is 7.28. The van der Waals surface area contributed by atoms with Crippen molar-refractivity contribution in [2.75, 3.05) is 18.0 Å². The number of fused-ring (bicyclic) bond motifs is 1. The zero-order valence-electron chi connectivity index (χ0n) is 15.6. The Morgan fingerprint density at radius 1 is 1.22 bits per heavy atom. The van der Waals surface area contributed by atoms with Crippen molar-refractivity contribution in [3.8, 4) is 0 Å². The summed E-state index contributed by atoms with van der Waals surface area (Å²) in [5, 5.41) is 3.92. The van der Waals surface area contributed by atoms with Crippen molar-refractivity contribution in [1.82, 2.24) is 15.3 Å². The van der Waals surface area contributed by atoms with E-state index in [1.54, 1.807) is 12.4 Å². The Labute approximate surface area is 159 Å². The Morgan fingerprint density at radius 3 is 2.85 bits per heavy atom. The molecule has 0 aliphatic carbocycles. The van der Waals surface area contributed by atoms with E-state index in [1.807, 2.05) is 42.5 Å². The molecule has 0 unspecified atom stereocenters. The fourth-order valence-corrected chi connectivity index (χ4v) is 3.69. The van der Waals surface area contributed by atoms with Crippen LogP contribution in [0.25, 0.3) is 10.9 Å². The third-order valence-electron chi connectivity index (χ3n) is 5.13. The summed E-state index contributed by atoms with van der Waals surface area (Å²) in [6, 6.07) is 13.6. The van der Waals surface area contributed by atoms with Crippen LogP contribution in [-0.4, -0.2) is 29.0 Å². The maximum absolute atomic E-state index is 13.0. The topological polar surface area (TPSA) is 58.1 Å². The molecule has 5 heteroatoms. The van der Waals surface area contributed by atoms with E-state index < -0.39 is 0 Å². The molecule has 0 radical (unpaired) electrons. The van der Waals surface area contributed by atoms with Gasteiger partial charge in [0.25, 0.3) is 5.91 Å². The first-order valence-electron chi connectivity index (χ1n) is 9.52. The third-order valence-corrected chi connectivity index (χ3v) is 5.13. The molecular weight excluding hydrogens is 336 g/mol. The van der Waals surface area contributed by atoms with E-state index in [1.165, 1.54) is 12.8 Å². The number of carbonyl (C=O) groups excluding carboxylic acids is 1. The number of carbonyl (C=O) groups is 1. The molecule has 1 N–H and O–H groups in total. The lowest BCUT2D eigenvalue weighted by molar-refractivity contribution is 0.0952. The van der Waals surface area contributed by atoms with Gasteiger partial charge < -0.3 is 10.2 Å². The molecule has 1 aliphatic heterocycles. The summed E-state index contributed by atoms with van der Waals surface area (Å²) in [7, 11) is 0. The van der Waals surface area contributed by atoms with E-state index in [0.29, 0.717) is 18.0 Å². The number of nitrogens with one attached hydrogen (secondary N) is 1. The maximum Gasteiger partial charge on any atom is 0.252 e. The van der Waals surface area contributed by atoms with Gasteiger partial charge in [-0.15, -0.1) is 0 Å². The Morgan fingerprint density at radius 2 is 2.04 bits per heavy atom. The molecule has 0 spiro atoms. The first kappa shape index (κ1) is 17.5. The highest BCUT2D eigenvalue weighted by atomic mass is 16.1. The quantitative estimate of drug-likeness (QED) is 0.769. The van der Waals surface area contributed by atoms with E-state index in [2.05, 4.69) is 22.1 Å². The molecule has 3 aromatic rings. The Bertz CT molecular complexity index is 941. The highest BCUT2D eigenvalue weighted by molar-refractivity contribution is 6.07. The van der Waals surface area contributed by atoms with Gasteiger partial charge in [-0.1, -0.05) is 25.1 Å². The molecule has 0 bridgehead atoms. The highest BCUT2D eigenvalue weighted by Gasteiger charge is 2.20. The largest absolute Gasteiger partial charge is 0.356 e. The number of amides is 1. The normalized spacial score (nSPS) is 17.1. The van der Waals surface area contributed by atoms with Crippen LogP contribution in [0.1, 0.15) is 35.7 Å². The molecule has 0 saturated carbocycles. The van der Waals surface area contributed by atoms with E-state index in [0.717, 1.165) is 35.4 Å². The molecule has 2 aromatic heterocycles. The Balaban J connectivity index is 1.64. The lowest BCUT2D eigenvalue weighted by Gasteiger charge is -2.32. The average molecular weight is 360 g/mol. The molecule has 1 aromatic carbocycles. The van der Waals surface area contributed by atoms with Gasteiger partial charge in [-0.3, -0.25) is 9.78 Å². The van der Waals surface area contributed by atoms with Gasteiger partial charge in [-0.25, -0.2) is 4.98 Å². The lowest BCUT2D eigenvalue weighted by Crippen LogP contribution is -2.35. The average Bonchev–Trinajstić information content (AvgIpc) is 2.72. The van der Waals surface area contributed by atoms with Crippen LogP contribution in [0, 0.1) is 5.92 Å². The molecule has 27 heavy (non-hydrogen) atoms. The summed E-state index contributed by atoms with van der Waals surface area (Å²) in [5.41, 5.74) is 2.58. The smallest absolute Gasteiger partial charge is 0.252 e. The zero-order valence-corrected chi connectivity index (χ0v) is 15.6. The number of aromatic nitrogens is 2. The number of pyridine rings is 2. The van der Waals surface area contributed by atoms with Crippen LogP contribution in [0.3, 0.4) is 0 Å². The Kier molecular flexibility index (Phi) is 5.01. The number of benzene rings is 1. The summed E-state index contributed by atoms with van der Waals surface area (Å²) in [6.07, 6.45) is 5.89. The summed E-state index contributed by atoms with van der Waals surface area (Å²) in [4.78, 5) is 24.1. The Hall–Kier alpha value is -2.95. The zero-order chi connectivity index (χ0) is 18.6. The number of rotatable bonds is 4. The van der Waals surface area contributed by atoms with Crippen molar-refractivity contribution < 1.29 is 4.79 Å². The van der Waals surface area contributed by atoms with Crippen LogP contribution in [0.4, 0.5) is 5.82 Å². The minimum atomic E-state index is -0.0725. The van der Waals surface area contributed by atoms with Crippen LogP contribution in [-0.2, 0) is 6.54 Å². The number of piperidine rings is 1. The maximum atomic E-state index is 13.0. The minimum Gasteiger partial charge on any atom is -0.356 e. The number of hydrogen-bond acceptors (Lipinski definition) is 4. The van der Waals surface area contributed by atoms with Gasteiger partial charge in [-0.2, -0.15) is 0 Å². The summed E-state index contributed by atoms with van der Waals surface area (Å²) >= 11 is 0. The molecule has 1 fully saturated rings. The van der Waals surface area contributed by atoms with Gasteiger partial charge in [0.2, 0.25) is 0 Å². The van der Waals surface area contributed by atoms with E-state index >= 15 is 0 Å². The fraction of sp³-hybridized carbons (Fsp3) is 0.318.